The number of fused-ring (bicyclic) bond motifs is 1. The molecule has 0 saturated heterocycles. The van der Waals surface area contributed by atoms with E-state index in [1.807, 2.05) is 0 Å². The molecule has 1 heterocycles. The standard InChI is InChI=1S/C13H16FN3O2/c14-9-6-11-7(1-4-13(19)17-11)5-8(9)10(15)2-3-12(16)18/h5-6,10H,1-4,15H2,(H2,16,18)(H,17,19). The third kappa shape index (κ3) is 3.08. The molecule has 1 atom stereocenters. The Labute approximate surface area is 110 Å². The summed E-state index contributed by atoms with van der Waals surface area (Å²) in [6, 6.07) is 2.37. The summed E-state index contributed by atoms with van der Waals surface area (Å²) in [5.74, 6) is -1.04. The van der Waals surface area contributed by atoms with Crippen molar-refractivity contribution >= 4 is 17.5 Å². The molecule has 0 aromatic heterocycles. The molecular formula is C13H16FN3O2. The minimum Gasteiger partial charge on any atom is -0.370 e. The predicted octanol–water partition coefficient (Wildman–Crippen LogP) is 0.976. The van der Waals surface area contributed by atoms with Crippen molar-refractivity contribution < 1.29 is 14.0 Å². The highest BCUT2D eigenvalue weighted by Gasteiger charge is 2.20. The number of carbonyl (C=O) groups is 2. The molecule has 1 aliphatic heterocycles. The van der Waals surface area contributed by atoms with Gasteiger partial charge in [0.2, 0.25) is 11.8 Å². The maximum atomic E-state index is 13.9. The molecule has 2 rings (SSSR count). The lowest BCUT2D eigenvalue weighted by molar-refractivity contribution is -0.118. The lowest BCUT2D eigenvalue weighted by Gasteiger charge is -2.20. The zero-order valence-electron chi connectivity index (χ0n) is 10.4. The molecule has 0 saturated carbocycles. The molecule has 5 nitrogen and oxygen atoms in total. The summed E-state index contributed by atoms with van der Waals surface area (Å²) in [5.41, 5.74) is 12.6. The minimum absolute atomic E-state index is 0.113. The number of rotatable bonds is 4. The fourth-order valence-electron chi connectivity index (χ4n) is 2.16. The van der Waals surface area contributed by atoms with Gasteiger partial charge in [0, 0.05) is 30.1 Å². The summed E-state index contributed by atoms with van der Waals surface area (Å²) in [5, 5.41) is 2.62. The SMILES string of the molecule is NC(=O)CCC(N)c1cc2c(cc1F)NC(=O)CC2. The number of anilines is 1. The fourth-order valence-corrected chi connectivity index (χ4v) is 2.16. The molecule has 5 N–H and O–H groups in total. The lowest BCUT2D eigenvalue weighted by atomic mass is 9.95. The van der Waals surface area contributed by atoms with E-state index < -0.39 is 17.8 Å². The highest BCUT2D eigenvalue weighted by atomic mass is 19.1. The number of benzene rings is 1. The quantitative estimate of drug-likeness (QED) is 0.756. The van der Waals surface area contributed by atoms with Crippen molar-refractivity contribution in [2.45, 2.75) is 31.7 Å². The minimum atomic E-state index is -0.574. The number of amides is 2. The summed E-state index contributed by atoms with van der Waals surface area (Å²) in [6.45, 7) is 0. The molecule has 0 radical (unpaired) electrons. The number of hydrogen-bond donors (Lipinski definition) is 3. The van der Waals surface area contributed by atoms with E-state index in [9.17, 15) is 14.0 Å². The summed E-state index contributed by atoms with van der Waals surface area (Å²) in [7, 11) is 0. The number of nitrogens with two attached hydrogens (primary N) is 2. The number of carbonyl (C=O) groups excluding carboxylic acids is 2. The largest absolute Gasteiger partial charge is 0.370 e. The Hall–Kier alpha value is -1.95. The predicted molar refractivity (Wildman–Crippen MR) is 68.7 cm³/mol. The molecule has 102 valence electrons. The topological polar surface area (TPSA) is 98.2 Å². The van der Waals surface area contributed by atoms with E-state index in [0.717, 1.165) is 5.56 Å². The highest BCUT2D eigenvalue weighted by molar-refractivity contribution is 5.93. The first-order chi connectivity index (χ1) is 8.97. The maximum absolute atomic E-state index is 13.9. The van der Waals surface area contributed by atoms with Crippen molar-refractivity contribution in [1.82, 2.24) is 0 Å². The van der Waals surface area contributed by atoms with Crippen molar-refractivity contribution in [3.05, 3.63) is 29.1 Å². The molecule has 19 heavy (non-hydrogen) atoms. The van der Waals surface area contributed by atoms with E-state index in [-0.39, 0.29) is 12.3 Å². The molecule has 6 heteroatoms. The average Bonchev–Trinajstić information content (AvgIpc) is 2.35. The second-order valence-electron chi connectivity index (χ2n) is 4.69. The molecule has 1 unspecified atom stereocenters. The first-order valence-electron chi connectivity index (χ1n) is 6.13. The molecule has 2 amide bonds. The second-order valence-corrected chi connectivity index (χ2v) is 4.69. The molecule has 0 fully saturated rings. The molecular weight excluding hydrogens is 249 g/mol. The zero-order valence-corrected chi connectivity index (χ0v) is 10.4. The van der Waals surface area contributed by atoms with Gasteiger partial charge in [0.05, 0.1) is 0 Å². The Balaban J connectivity index is 2.22. The number of hydrogen-bond acceptors (Lipinski definition) is 3. The van der Waals surface area contributed by atoms with Crippen molar-refractivity contribution in [2.24, 2.45) is 11.5 Å². The van der Waals surface area contributed by atoms with E-state index in [2.05, 4.69) is 5.32 Å². The molecule has 1 aliphatic rings. The normalized spacial score (nSPS) is 15.6. The van der Waals surface area contributed by atoms with Crippen LogP contribution < -0.4 is 16.8 Å². The van der Waals surface area contributed by atoms with Crippen LogP contribution in [0.1, 0.15) is 36.4 Å². The van der Waals surface area contributed by atoms with E-state index in [0.29, 0.717) is 30.5 Å². The molecule has 0 spiro atoms. The Morgan fingerprint density at radius 2 is 2.16 bits per heavy atom. The monoisotopic (exact) mass is 265 g/mol. The summed E-state index contributed by atoms with van der Waals surface area (Å²) in [6.07, 6.45) is 1.37. The highest BCUT2D eigenvalue weighted by Crippen LogP contribution is 2.29. The van der Waals surface area contributed by atoms with Gasteiger partial charge in [-0.25, -0.2) is 4.39 Å². The van der Waals surface area contributed by atoms with Crippen molar-refractivity contribution in [2.75, 3.05) is 5.32 Å². The molecule has 0 aliphatic carbocycles. The summed E-state index contributed by atoms with van der Waals surface area (Å²) < 4.78 is 13.9. The van der Waals surface area contributed by atoms with Crippen LogP contribution in [0.3, 0.4) is 0 Å². The van der Waals surface area contributed by atoms with E-state index in [4.69, 9.17) is 11.5 Å². The van der Waals surface area contributed by atoms with Gasteiger partial charge in [-0.05, 0) is 30.5 Å². The Morgan fingerprint density at radius 3 is 2.84 bits per heavy atom. The fraction of sp³-hybridized carbons (Fsp3) is 0.385. The van der Waals surface area contributed by atoms with Crippen molar-refractivity contribution in [3.8, 4) is 0 Å². The van der Waals surface area contributed by atoms with Crippen LogP contribution in [0.15, 0.2) is 12.1 Å². The van der Waals surface area contributed by atoms with E-state index >= 15 is 0 Å². The van der Waals surface area contributed by atoms with E-state index in [1.54, 1.807) is 6.07 Å². The van der Waals surface area contributed by atoms with Crippen LogP contribution in [0.5, 0.6) is 0 Å². The number of primary amides is 1. The Bertz CT molecular complexity index is 531. The van der Waals surface area contributed by atoms with Crippen LogP contribution in [-0.2, 0) is 16.0 Å². The average molecular weight is 265 g/mol. The van der Waals surface area contributed by atoms with Gasteiger partial charge in [0.25, 0.3) is 0 Å². The number of halogens is 1. The van der Waals surface area contributed by atoms with Gasteiger partial charge in [-0.1, -0.05) is 0 Å². The first kappa shape index (κ1) is 13.5. The van der Waals surface area contributed by atoms with Crippen molar-refractivity contribution in [1.29, 1.82) is 0 Å². The smallest absolute Gasteiger partial charge is 0.224 e. The first-order valence-corrected chi connectivity index (χ1v) is 6.13. The van der Waals surface area contributed by atoms with Gasteiger partial charge in [-0.15, -0.1) is 0 Å². The Morgan fingerprint density at radius 1 is 1.42 bits per heavy atom. The maximum Gasteiger partial charge on any atom is 0.224 e. The van der Waals surface area contributed by atoms with Gasteiger partial charge >= 0.3 is 0 Å². The molecule has 1 aromatic rings. The second kappa shape index (κ2) is 5.36. The van der Waals surface area contributed by atoms with Gasteiger partial charge in [-0.2, -0.15) is 0 Å². The van der Waals surface area contributed by atoms with Crippen LogP contribution in [0.25, 0.3) is 0 Å². The Kier molecular flexibility index (Phi) is 3.80. The van der Waals surface area contributed by atoms with Crippen LogP contribution in [0.2, 0.25) is 0 Å². The molecule has 0 bridgehead atoms. The molecule has 1 aromatic carbocycles. The number of nitrogens with one attached hydrogen (secondary N) is 1. The van der Waals surface area contributed by atoms with Gasteiger partial charge in [-0.3, -0.25) is 9.59 Å². The lowest BCUT2D eigenvalue weighted by Crippen LogP contribution is -2.21. The van der Waals surface area contributed by atoms with Crippen LogP contribution in [0.4, 0.5) is 10.1 Å². The van der Waals surface area contributed by atoms with Gasteiger partial charge in [0.1, 0.15) is 5.82 Å². The van der Waals surface area contributed by atoms with Gasteiger partial charge in [0.15, 0.2) is 0 Å². The van der Waals surface area contributed by atoms with Gasteiger partial charge < -0.3 is 16.8 Å². The third-order valence-electron chi connectivity index (χ3n) is 3.22. The van der Waals surface area contributed by atoms with E-state index in [1.165, 1.54) is 6.07 Å². The zero-order chi connectivity index (χ0) is 14.0. The summed E-state index contributed by atoms with van der Waals surface area (Å²) >= 11 is 0. The summed E-state index contributed by atoms with van der Waals surface area (Å²) in [4.78, 5) is 21.9. The van der Waals surface area contributed by atoms with Crippen LogP contribution in [0, 0.1) is 5.82 Å². The van der Waals surface area contributed by atoms with Crippen molar-refractivity contribution in [3.63, 3.8) is 0 Å². The van der Waals surface area contributed by atoms with Crippen LogP contribution >= 0.6 is 0 Å². The van der Waals surface area contributed by atoms with Crippen LogP contribution in [-0.4, -0.2) is 11.8 Å². The third-order valence-corrected chi connectivity index (χ3v) is 3.22. The number of aryl methyl sites for hydroxylation is 1.